The molecule has 96 valence electrons. The van der Waals surface area contributed by atoms with Gasteiger partial charge in [0.1, 0.15) is 0 Å². The number of hydrogen-bond acceptors (Lipinski definition) is 2. The van der Waals surface area contributed by atoms with Crippen molar-refractivity contribution in [3.05, 3.63) is 47.3 Å². The third kappa shape index (κ3) is 2.73. The van der Waals surface area contributed by atoms with Gasteiger partial charge in [-0.3, -0.25) is 4.68 Å². The van der Waals surface area contributed by atoms with Gasteiger partial charge in [0.25, 0.3) is 0 Å². The Labute approximate surface area is 109 Å². The molecule has 1 unspecified atom stereocenters. The number of anilines is 1. The average Bonchev–Trinajstić information content (AvgIpc) is 2.81. The maximum atomic E-state index is 4.31. The number of rotatable bonds is 4. The highest BCUT2D eigenvalue weighted by Gasteiger charge is 2.08. The number of aromatic nitrogens is 2. The van der Waals surface area contributed by atoms with Gasteiger partial charge in [0.15, 0.2) is 0 Å². The Morgan fingerprint density at radius 3 is 2.72 bits per heavy atom. The molecule has 1 heterocycles. The summed E-state index contributed by atoms with van der Waals surface area (Å²) in [5.74, 6) is 0. The summed E-state index contributed by atoms with van der Waals surface area (Å²) in [6, 6.07) is 6.75. The molecular formula is C15H21N3. The predicted octanol–water partition coefficient (Wildman–Crippen LogP) is 3.69. The Hall–Kier alpha value is -1.77. The van der Waals surface area contributed by atoms with Crippen LogP contribution in [0, 0.1) is 13.8 Å². The van der Waals surface area contributed by atoms with Gasteiger partial charge in [0.2, 0.25) is 0 Å². The van der Waals surface area contributed by atoms with E-state index in [2.05, 4.69) is 62.5 Å². The minimum absolute atomic E-state index is 0.270. The summed E-state index contributed by atoms with van der Waals surface area (Å²) in [5, 5.41) is 7.85. The van der Waals surface area contributed by atoms with E-state index in [1.54, 1.807) is 0 Å². The molecule has 18 heavy (non-hydrogen) atoms. The van der Waals surface area contributed by atoms with E-state index in [1.165, 1.54) is 22.4 Å². The highest BCUT2D eigenvalue weighted by atomic mass is 15.3. The van der Waals surface area contributed by atoms with Gasteiger partial charge in [-0.2, -0.15) is 5.10 Å². The van der Waals surface area contributed by atoms with E-state index < -0.39 is 0 Å². The molecule has 0 fully saturated rings. The first-order valence-electron chi connectivity index (χ1n) is 6.46. The van der Waals surface area contributed by atoms with Crippen LogP contribution in [-0.2, 0) is 6.54 Å². The quantitative estimate of drug-likeness (QED) is 0.887. The first-order chi connectivity index (χ1) is 8.60. The van der Waals surface area contributed by atoms with Crippen molar-refractivity contribution < 1.29 is 0 Å². The van der Waals surface area contributed by atoms with Crippen molar-refractivity contribution >= 4 is 5.69 Å². The van der Waals surface area contributed by atoms with E-state index in [1.807, 2.05) is 10.9 Å². The zero-order chi connectivity index (χ0) is 13.1. The summed E-state index contributed by atoms with van der Waals surface area (Å²) in [5.41, 5.74) is 4.99. The molecule has 0 aliphatic rings. The second-order valence-corrected chi connectivity index (χ2v) is 4.81. The van der Waals surface area contributed by atoms with E-state index in [0.29, 0.717) is 0 Å². The van der Waals surface area contributed by atoms with E-state index >= 15 is 0 Å². The van der Waals surface area contributed by atoms with E-state index in [4.69, 9.17) is 0 Å². The number of nitrogens with one attached hydrogen (secondary N) is 1. The fourth-order valence-electron chi connectivity index (χ4n) is 2.07. The number of benzene rings is 1. The summed E-state index contributed by atoms with van der Waals surface area (Å²) in [4.78, 5) is 0. The first kappa shape index (κ1) is 12.7. The highest BCUT2D eigenvalue weighted by molar-refractivity contribution is 5.53. The van der Waals surface area contributed by atoms with Gasteiger partial charge in [-0.25, -0.2) is 0 Å². The average molecular weight is 243 g/mol. The summed E-state index contributed by atoms with van der Waals surface area (Å²) in [7, 11) is 0. The predicted molar refractivity (Wildman–Crippen MR) is 75.9 cm³/mol. The lowest BCUT2D eigenvalue weighted by atomic mass is 10.1. The summed E-state index contributed by atoms with van der Waals surface area (Å²) in [6.07, 6.45) is 4.03. The van der Waals surface area contributed by atoms with Crippen molar-refractivity contribution in [1.29, 1.82) is 0 Å². The molecule has 1 atom stereocenters. The Balaban J connectivity index is 2.13. The lowest BCUT2D eigenvalue weighted by Gasteiger charge is -2.16. The van der Waals surface area contributed by atoms with Gasteiger partial charge in [-0.1, -0.05) is 17.7 Å². The lowest BCUT2D eigenvalue weighted by molar-refractivity contribution is 0.658. The van der Waals surface area contributed by atoms with Crippen LogP contribution in [0.1, 0.15) is 36.6 Å². The van der Waals surface area contributed by atoms with Crippen LogP contribution in [0.2, 0.25) is 0 Å². The molecule has 1 aromatic carbocycles. The van der Waals surface area contributed by atoms with Crippen LogP contribution in [0.4, 0.5) is 5.69 Å². The minimum Gasteiger partial charge on any atom is -0.378 e. The molecule has 0 amide bonds. The molecule has 0 saturated carbocycles. The van der Waals surface area contributed by atoms with Crippen LogP contribution in [0.5, 0.6) is 0 Å². The highest BCUT2D eigenvalue weighted by Crippen LogP contribution is 2.22. The molecule has 0 aliphatic heterocycles. The smallest absolute Gasteiger partial charge is 0.0542 e. The molecule has 3 heteroatoms. The fourth-order valence-corrected chi connectivity index (χ4v) is 2.07. The van der Waals surface area contributed by atoms with Crippen LogP contribution in [-0.4, -0.2) is 9.78 Å². The van der Waals surface area contributed by atoms with Crippen LogP contribution in [0.3, 0.4) is 0 Å². The third-order valence-electron chi connectivity index (χ3n) is 3.23. The standard InChI is InChI=1S/C15H21N3/c1-5-18-10-14(9-16-18)13(4)17-15-7-6-11(2)8-12(15)3/h6-10,13,17H,5H2,1-4H3. The van der Waals surface area contributed by atoms with Crippen molar-refractivity contribution in [2.75, 3.05) is 5.32 Å². The lowest BCUT2D eigenvalue weighted by Crippen LogP contribution is -2.07. The summed E-state index contributed by atoms with van der Waals surface area (Å²) >= 11 is 0. The molecule has 3 nitrogen and oxygen atoms in total. The molecule has 1 aromatic heterocycles. The second kappa shape index (κ2) is 5.25. The maximum Gasteiger partial charge on any atom is 0.0542 e. The van der Waals surface area contributed by atoms with Crippen molar-refractivity contribution in [2.45, 2.75) is 40.3 Å². The van der Waals surface area contributed by atoms with Crippen LogP contribution in [0.15, 0.2) is 30.6 Å². The Morgan fingerprint density at radius 2 is 2.11 bits per heavy atom. The number of aryl methyl sites for hydroxylation is 3. The van der Waals surface area contributed by atoms with Crippen molar-refractivity contribution in [3.63, 3.8) is 0 Å². The van der Waals surface area contributed by atoms with Crippen LogP contribution >= 0.6 is 0 Å². The molecule has 1 N–H and O–H groups in total. The SMILES string of the molecule is CCn1cc(C(C)Nc2ccc(C)cc2C)cn1. The molecule has 2 rings (SSSR count). The van der Waals surface area contributed by atoms with Crippen molar-refractivity contribution in [3.8, 4) is 0 Å². The Kier molecular flexibility index (Phi) is 3.70. The summed E-state index contributed by atoms with van der Waals surface area (Å²) < 4.78 is 1.95. The molecule has 0 saturated heterocycles. The van der Waals surface area contributed by atoms with E-state index in [0.717, 1.165) is 6.54 Å². The fraction of sp³-hybridized carbons (Fsp3) is 0.400. The Morgan fingerprint density at radius 1 is 1.33 bits per heavy atom. The third-order valence-corrected chi connectivity index (χ3v) is 3.23. The minimum atomic E-state index is 0.270. The van der Waals surface area contributed by atoms with Crippen LogP contribution in [0.25, 0.3) is 0 Å². The number of nitrogens with zero attached hydrogens (tertiary/aromatic N) is 2. The Bertz CT molecular complexity index is 528. The van der Waals surface area contributed by atoms with E-state index in [9.17, 15) is 0 Å². The van der Waals surface area contributed by atoms with Gasteiger partial charge in [-0.15, -0.1) is 0 Å². The van der Waals surface area contributed by atoms with Crippen molar-refractivity contribution in [2.24, 2.45) is 0 Å². The monoisotopic (exact) mass is 243 g/mol. The summed E-state index contributed by atoms with van der Waals surface area (Å²) in [6.45, 7) is 9.43. The van der Waals surface area contributed by atoms with Gasteiger partial charge in [0.05, 0.1) is 12.2 Å². The molecule has 0 radical (unpaired) electrons. The van der Waals surface area contributed by atoms with Crippen LogP contribution < -0.4 is 5.32 Å². The zero-order valence-corrected chi connectivity index (χ0v) is 11.6. The largest absolute Gasteiger partial charge is 0.378 e. The van der Waals surface area contributed by atoms with Gasteiger partial charge < -0.3 is 5.32 Å². The first-order valence-corrected chi connectivity index (χ1v) is 6.46. The molecule has 0 spiro atoms. The second-order valence-electron chi connectivity index (χ2n) is 4.81. The zero-order valence-electron chi connectivity index (χ0n) is 11.6. The topological polar surface area (TPSA) is 29.9 Å². The molecule has 2 aromatic rings. The van der Waals surface area contributed by atoms with Crippen molar-refractivity contribution in [1.82, 2.24) is 9.78 Å². The van der Waals surface area contributed by atoms with Gasteiger partial charge >= 0.3 is 0 Å². The normalized spacial score (nSPS) is 12.4. The maximum absolute atomic E-state index is 4.31. The van der Waals surface area contributed by atoms with Gasteiger partial charge in [-0.05, 0) is 39.3 Å². The van der Waals surface area contributed by atoms with Gasteiger partial charge in [0, 0.05) is 24.0 Å². The molecule has 0 bridgehead atoms. The molecular weight excluding hydrogens is 222 g/mol. The number of hydrogen-bond donors (Lipinski definition) is 1. The molecule has 0 aliphatic carbocycles. The van der Waals surface area contributed by atoms with E-state index in [-0.39, 0.29) is 6.04 Å².